The summed E-state index contributed by atoms with van der Waals surface area (Å²) in [6.07, 6.45) is 0. The molecular formula is C13H11ClN2O2S. The van der Waals surface area contributed by atoms with Crippen molar-refractivity contribution in [1.29, 1.82) is 0 Å². The Morgan fingerprint density at radius 2 is 2.00 bits per heavy atom. The monoisotopic (exact) mass is 294 g/mol. The molecule has 98 valence electrons. The number of carbonyl (C=O) groups excluding carboxylic acids is 2. The van der Waals surface area contributed by atoms with Crippen LogP contribution in [0.2, 0.25) is 0 Å². The highest BCUT2D eigenvalue weighted by Crippen LogP contribution is 2.17. The first-order chi connectivity index (χ1) is 9.10. The summed E-state index contributed by atoms with van der Waals surface area (Å²) in [5, 5.41) is 4.69. The second-order valence-electron chi connectivity index (χ2n) is 3.88. The van der Waals surface area contributed by atoms with Gasteiger partial charge in [-0.25, -0.2) is 4.98 Å². The van der Waals surface area contributed by atoms with Gasteiger partial charge in [-0.05, 0) is 17.7 Å². The molecule has 0 aliphatic heterocycles. The molecule has 1 aromatic carbocycles. The summed E-state index contributed by atoms with van der Waals surface area (Å²) in [5.41, 5.74) is 1.83. The molecule has 0 bridgehead atoms. The van der Waals surface area contributed by atoms with Gasteiger partial charge in [0.25, 0.3) is 5.91 Å². The minimum absolute atomic E-state index is 0.122. The highest BCUT2D eigenvalue weighted by atomic mass is 35.5. The zero-order valence-electron chi connectivity index (χ0n) is 10.1. The minimum atomic E-state index is -0.259. The summed E-state index contributed by atoms with van der Waals surface area (Å²) in [7, 11) is 0. The molecule has 0 saturated carbocycles. The van der Waals surface area contributed by atoms with Gasteiger partial charge in [0.1, 0.15) is 5.69 Å². The second kappa shape index (κ2) is 5.95. The largest absolute Gasteiger partial charge is 0.298 e. The number of Topliss-reactive ketones (excluding diaryl/α,β-unsaturated/α-hetero) is 1. The maximum atomic E-state index is 11.9. The first kappa shape index (κ1) is 13.7. The van der Waals surface area contributed by atoms with Crippen LogP contribution < -0.4 is 5.32 Å². The maximum Gasteiger partial charge on any atom is 0.257 e. The third kappa shape index (κ3) is 3.39. The number of rotatable bonds is 4. The maximum absolute atomic E-state index is 11.9. The fourth-order valence-corrected chi connectivity index (χ4v) is 2.33. The normalized spacial score (nSPS) is 10.2. The third-order valence-electron chi connectivity index (χ3n) is 2.46. The molecule has 1 N–H and O–H groups in total. The fraction of sp³-hybridized carbons (Fsp3) is 0.154. The Kier molecular flexibility index (Phi) is 4.29. The lowest BCUT2D eigenvalue weighted by molar-refractivity contribution is 0.100. The number of nitrogens with one attached hydrogen (secondary N) is 1. The molecule has 0 saturated heterocycles. The van der Waals surface area contributed by atoms with Crippen molar-refractivity contribution in [2.75, 3.05) is 5.32 Å². The van der Waals surface area contributed by atoms with Gasteiger partial charge in [-0.15, -0.1) is 22.9 Å². The van der Waals surface area contributed by atoms with Crippen LogP contribution >= 0.6 is 22.9 Å². The van der Waals surface area contributed by atoms with E-state index in [4.69, 9.17) is 11.6 Å². The van der Waals surface area contributed by atoms with Crippen LogP contribution in [0.25, 0.3) is 0 Å². The van der Waals surface area contributed by atoms with Crippen molar-refractivity contribution >= 4 is 39.8 Å². The molecular weight excluding hydrogens is 284 g/mol. The molecule has 1 amide bonds. The van der Waals surface area contributed by atoms with E-state index in [1.165, 1.54) is 18.3 Å². The molecule has 1 aromatic heterocycles. The van der Waals surface area contributed by atoms with Crippen LogP contribution in [0.5, 0.6) is 0 Å². The Hall–Kier alpha value is -1.72. The van der Waals surface area contributed by atoms with Crippen molar-refractivity contribution in [1.82, 2.24) is 4.98 Å². The van der Waals surface area contributed by atoms with Crippen molar-refractivity contribution in [2.45, 2.75) is 12.8 Å². The number of nitrogens with zero attached hydrogens (tertiary/aromatic N) is 1. The van der Waals surface area contributed by atoms with Crippen LogP contribution in [0, 0.1) is 0 Å². The van der Waals surface area contributed by atoms with Crippen LogP contribution in [0.15, 0.2) is 29.6 Å². The standard InChI is InChI=1S/C13H11ClN2O2S/c1-8(17)11-7-19-13(15-11)16-12(18)10-4-2-9(6-14)3-5-10/h2-5,7H,6H2,1H3,(H,15,16,18). The average Bonchev–Trinajstić information content (AvgIpc) is 2.87. The van der Waals surface area contributed by atoms with Crippen molar-refractivity contribution in [3.63, 3.8) is 0 Å². The zero-order valence-corrected chi connectivity index (χ0v) is 11.7. The SMILES string of the molecule is CC(=O)c1csc(NC(=O)c2ccc(CCl)cc2)n1. The number of benzene rings is 1. The molecule has 0 radical (unpaired) electrons. The van der Waals surface area contributed by atoms with Gasteiger partial charge in [-0.1, -0.05) is 12.1 Å². The highest BCUT2D eigenvalue weighted by Gasteiger charge is 2.10. The van der Waals surface area contributed by atoms with E-state index in [9.17, 15) is 9.59 Å². The lowest BCUT2D eigenvalue weighted by Crippen LogP contribution is -2.11. The average molecular weight is 295 g/mol. The second-order valence-corrected chi connectivity index (χ2v) is 5.00. The van der Waals surface area contributed by atoms with E-state index < -0.39 is 0 Å². The number of thiazole rings is 1. The number of aromatic nitrogens is 1. The van der Waals surface area contributed by atoms with Crippen LogP contribution in [-0.2, 0) is 5.88 Å². The number of anilines is 1. The molecule has 4 nitrogen and oxygen atoms in total. The summed E-state index contributed by atoms with van der Waals surface area (Å²) in [6, 6.07) is 6.99. The van der Waals surface area contributed by atoms with Gasteiger partial charge in [0.2, 0.25) is 0 Å². The van der Waals surface area contributed by atoms with Gasteiger partial charge in [0.05, 0.1) is 0 Å². The van der Waals surface area contributed by atoms with Crippen molar-refractivity contribution in [3.05, 3.63) is 46.5 Å². The van der Waals surface area contributed by atoms with Gasteiger partial charge in [-0.3, -0.25) is 14.9 Å². The molecule has 19 heavy (non-hydrogen) atoms. The molecule has 0 atom stereocenters. The summed E-state index contributed by atoms with van der Waals surface area (Å²) < 4.78 is 0. The van der Waals surface area contributed by atoms with Crippen molar-refractivity contribution in [3.8, 4) is 0 Å². The van der Waals surface area contributed by atoms with Crippen LogP contribution in [0.3, 0.4) is 0 Å². The molecule has 1 heterocycles. The van der Waals surface area contributed by atoms with Gasteiger partial charge >= 0.3 is 0 Å². The first-order valence-electron chi connectivity index (χ1n) is 5.53. The number of halogens is 1. The summed E-state index contributed by atoms with van der Waals surface area (Å²) in [4.78, 5) is 27.1. The fourth-order valence-electron chi connectivity index (χ4n) is 1.41. The predicted molar refractivity (Wildman–Crippen MR) is 76.1 cm³/mol. The Labute approximate surface area is 119 Å². The topological polar surface area (TPSA) is 59.1 Å². The number of hydrogen-bond donors (Lipinski definition) is 1. The van der Waals surface area contributed by atoms with E-state index in [-0.39, 0.29) is 11.7 Å². The Morgan fingerprint density at radius 1 is 1.32 bits per heavy atom. The zero-order chi connectivity index (χ0) is 13.8. The number of amides is 1. The summed E-state index contributed by atoms with van der Waals surface area (Å²) in [6.45, 7) is 1.44. The summed E-state index contributed by atoms with van der Waals surface area (Å²) in [5.74, 6) is 0.0323. The molecule has 0 fully saturated rings. The smallest absolute Gasteiger partial charge is 0.257 e. The van der Waals surface area contributed by atoms with E-state index in [2.05, 4.69) is 10.3 Å². The van der Waals surface area contributed by atoms with Gasteiger partial charge in [0.15, 0.2) is 10.9 Å². The molecule has 2 rings (SSSR count). The number of alkyl halides is 1. The Morgan fingerprint density at radius 3 is 2.53 bits per heavy atom. The van der Waals surface area contributed by atoms with E-state index in [0.717, 1.165) is 5.56 Å². The quantitative estimate of drug-likeness (QED) is 0.695. The van der Waals surface area contributed by atoms with Crippen LogP contribution in [0.1, 0.15) is 33.3 Å². The van der Waals surface area contributed by atoms with Crippen molar-refractivity contribution < 1.29 is 9.59 Å². The van der Waals surface area contributed by atoms with Crippen LogP contribution in [-0.4, -0.2) is 16.7 Å². The Bertz CT molecular complexity index is 607. The molecule has 0 unspecified atom stereocenters. The van der Waals surface area contributed by atoms with Crippen molar-refractivity contribution in [2.24, 2.45) is 0 Å². The van der Waals surface area contributed by atoms with Crippen LogP contribution in [0.4, 0.5) is 5.13 Å². The van der Waals surface area contributed by atoms with E-state index >= 15 is 0 Å². The number of ketones is 1. The van der Waals surface area contributed by atoms with Gasteiger partial charge < -0.3 is 0 Å². The third-order valence-corrected chi connectivity index (χ3v) is 3.52. The number of carbonyl (C=O) groups is 2. The molecule has 2 aromatic rings. The molecule has 0 aliphatic rings. The van der Waals surface area contributed by atoms with E-state index in [1.807, 2.05) is 0 Å². The first-order valence-corrected chi connectivity index (χ1v) is 6.94. The highest BCUT2D eigenvalue weighted by molar-refractivity contribution is 7.14. The lowest BCUT2D eigenvalue weighted by Gasteiger charge is -2.02. The number of hydrogen-bond acceptors (Lipinski definition) is 4. The van der Waals surface area contributed by atoms with Gasteiger partial charge in [0, 0.05) is 23.7 Å². The predicted octanol–water partition coefficient (Wildman–Crippen LogP) is 3.34. The molecule has 0 spiro atoms. The van der Waals surface area contributed by atoms with Gasteiger partial charge in [-0.2, -0.15) is 0 Å². The minimum Gasteiger partial charge on any atom is -0.298 e. The summed E-state index contributed by atoms with van der Waals surface area (Å²) >= 11 is 6.90. The lowest BCUT2D eigenvalue weighted by atomic mass is 10.1. The Balaban J connectivity index is 2.08. The van der Waals surface area contributed by atoms with E-state index in [0.29, 0.717) is 22.3 Å². The van der Waals surface area contributed by atoms with E-state index in [1.54, 1.807) is 29.6 Å². The molecule has 6 heteroatoms. The molecule has 0 aliphatic carbocycles.